The third-order valence-electron chi connectivity index (χ3n) is 1.22. The topological polar surface area (TPSA) is 12.9 Å². The second-order valence-corrected chi connectivity index (χ2v) is 2.36. The highest BCUT2D eigenvalue weighted by Crippen LogP contribution is 2.15. The molecule has 0 aliphatic carbocycles. The van der Waals surface area contributed by atoms with Crippen LogP contribution >= 0.6 is 11.6 Å². The Morgan fingerprint density at radius 1 is 1.64 bits per heavy atom. The Hall–Kier alpha value is -0.890. The van der Waals surface area contributed by atoms with Crippen molar-refractivity contribution in [1.29, 1.82) is 0 Å². The average Bonchev–Trinajstić information content (AvgIpc) is 1.99. The van der Waals surface area contributed by atoms with Crippen LogP contribution in [0.25, 0.3) is 6.08 Å². The van der Waals surface area contributed by atoms with Crippen LogP contribution in [0, 0.1) is 5.82 Å². The summed E-state index contributed by atoms with van der Waals surface area (Å²) >= 11 is 5.43. The molecule has 0 unspecified atom stereocenters. The molecule has 0 bridgehead atoms. The van der Waals surface area contributed by atoms with Gasteiger partial charge in [0.25, 0.3) is 0 Å². The summed E-state index contributed by atoms with van der Waals surface area (Å²) < 4.78 is 12.9. The smallest absolute Gasteiger partial charge is 0.167 e. The van der Waals surface area contributed by atoms with E-state index in [4.69, 9.17) is 11.6 Å². The van der Waals surface area contributed by atoms with Crippen LogP contribution in [-0.4, -0.2) is 4.98 Å². The average molecular weight is 172 g/mol. The minimum atomic E-state index is -0.465. The van der Waals surface area contributed by atoms with Crippen LogP contribution in [0.4, 0.5) is 4.39 Å². The van der Waals surface area contributed by atoms with Gasteiger partial charge in [-0.1, -0.05) is 23.8 Å². The summed E-state index contributed by atoms with van der Waals surface area (Å²) in [6.45, 7) is 1.81. The van der Waals surface area contributed by atoms with Gasteiger partial charge in [-0.3, -0.25) is 0 Å². The molecular formula is C8H7ClFN. The summed E-state index contributed by atoms with van der Waals surface area (Å²) in [5.74, 6) is -0.465. The summed E-state index contributed by atoms with van der Waals surface area (Å²) in [4.78, 5) is 3.58. The van der Waals surface area contributed by atoms with Gasteiger partial charge >= 0.3 is 0 Å². The van der Waals surface area contributed by atoms with E-state index in [0.717, 1.165) is 0 Å². The van der Waals surface area contributed by atoms with Crippen LogP contribution in [0.2, 0.25) is 5.15 Å². The molecule has 0 N–H and O–H groups in total. The van der Waals surface area contributed by atoms with Crippen molar-refractivity contribution >= 4 is 17.7 Å². The molecule has 0 saturated heterocycles. The van der Waals surface area contributed by atoms with E-state index in [0.29, 0.717) is 5.56 Å². The van der Waals surface area contributed by atoms with Gasteiger partial charge in [0.15, 0.2) is 11.0 Å². The van der Waals surface area contributed by atoms with E-state index in [1.165, 1.54) is 6.20 Å². The fourth-order valence-corrected chi connectivity index (χ4v) is 0.906. The van der Waals surface area contributed by atoms with Crippen molar-refractivity contribution in [2.45, 2.75) is 6.92 Å². The van der Waals surface area contributed by atoms with Crippen molar-refractivity contribution in [3.05, 3.63) is 34.9 Å². The number of allylic oxidation sites excluding steroid dienone is 1. The minimum Gasteiger partial charge on any atom is -0.242 e. The fraction of sp³-hybridized carbons (Fsp3) is 0.125. The molecule has 0 fully saturated rings. The molecule has 1 aromatic heterocycles. The van der Waals surface area contributed by atoms with E-state index in [1.54, 1.807) is 18.2 Å². The van der Waals surface area contributed by atoms with Crippen LogP contribution in [-0.2, 0) is 0 Å². The van der Waals surface area contributed by atoms with Crippen LogP contribution in [0.5, 0.6) is 0 Å². The Balaban J connectivity index is 3.16. The van der Waals surface area contributed by atoms with Gasteiger partial charge in [-0.05, 0) is 13.0 Å². The first kappa shape index (κ1) is 8.21. The fourth-order valence-electron chi connectivity index (χ4n) is 0.740. The minimum absolute atomic E-state index is 0.0828. The Bertz CT molecular complexity index is 283. The largest absolute Gasteiger partial charge is 0.242 e. The number of hydrogen-bond donors (Lipinski definition) is 0. The van der Waals surface area contributed by atoms with Gasteiger partial charge < -0.3 is 0 Å². The molecule has 1 heterocycles. The van der Waals surface area contributed by atoms with Crippen LogP contribution < -0.4 is 0 Å². The maximum Gasteiger partial charge on any atom is 0.167 e. The van der Waals surface area contributed by atoms with E-state index in [9.17, 15) is 4.39 Å². The second kappa shape index (κ2) is 3.49. The van der Waals surface area contributed by atoms with Crippen molar-refractivity contribution in [3.63, 3.8) is 0 Å². The normalized spacial score (nSPS) is 10.8. The highest BCUT2D eigenvalue weighted by atomic mass is 35.5. The number of rotatable bonds is 1. The van der Waals surface area contributed by atoms with Gasteiger partial charge in [0.05, 0.1) is 0 Å². The quantitative estimate of drug-likeness (QED) is 0.592. The molecule has 0 aliphatic heterocycles. The van der Waals surface area contributed by atoms with Gasteiger partial charge in [0.1, 0.15) is 0 Å². The molecule has 0 aliphatic rings. The van der Waals surface area contributed by atoms with E-state index >= 15 is 0 Å². The molecule has 0 saturated carbocycles. The Morgan fingerprint density at radius 3 is 3.00 bits per heavy atom. The Kier molecular flexibility index (Phi) is 2.60. The van der Waals surface area contributed by atoms with E-state index < -0.39 is 5.82 Å². The molecule has 0 atom stereocenters. The lowest BCUT2D eigenvalue weighted by atomic mass is 10.2. The van der Waals surface area contributed by atoms with E-state index in [1.807, 2.05) is 6.92 Å². The highest BCUT2D eigenvalue weighted by Gasteiger charge is 2.02. The Labute approximate surface area is 69.5 Å². The summed E-state index contributed by atoms with van der Waals surface area (Å²) in [5, 5.41) is -0.0828. The molecule has 0 aromatic carbocycles. The first-order valence-electron chi connectivity index (χ1n) is 3.18. The molecule has 1 rings (SSSR count). The maximum absolute atomic E-state index is 12.9. The molecule has 58 valence electrons. The molecule has 11 heavy (non-hydrogen) atoms. The summed E-state index contributed by atoms with van der Waals surface area (Å²) in [5.41, 5.74) is 0.465. The van der Waals surface area contributed by atoms with Crippen LogP contribution in [0.1, 0.15) is 12.5 Å². The predicted octanol–water partition coefficient (Wildman–Crippen LogP) is 2.91. The number of pyridine rings is 1. The SMILES string of the molecule is C/C=C/c1ccnc(Cl)c1F. The first-order chi connectivity index (χ1) is 5.25. The lowest BCUT2D eigenvalue weighted by Gasteiger charge is -1.95. The lowest BCUT2D eigenvalue weighted by molar-refractivity contribution is 0.619. The molecule has 0 amide bonds. The Morgan fingerprint density at radius 2 is 2.36 bits per heavy atom. The summed E-state index contributed by atoms with van der Waals surface area (Å²) in [7, 11) is 0. The number of hydrogen-bond acceptors (Lipinski definition) is 1. The number of nitrogens with zero attached hydrogens (tertiary/aromatic N) is 1. The second-order valence-electron chi connectivity index (χ2n) is 2.00. The molecular weight excluding hydrogens is 165 g/mol. The van der Waals surface area contributed by atoms with Crippen molar-refractivity contribution < 1.29 is 4.39 Å². The zero-order valence-corrected chi connectivity index (χ0v) is 6.77. The van der Waals surface area contributed by atoms with Gasteiger partial charge in [-0.2, -0.15) is 0 Å². The van der Waals surface area contributed by atoms with E-state index in [-0.39, 0.29) is 5.15 Å². The standard InChI is InChI=1S/C8H7ClFN/c1-2-3-6-4-5-11-8(9)7(6)10/h2-5H,1H3/b3-2+. The monoisotopic (exact) mass is 171 g/mol. The van der Waals surface area contributed by atoms with Gasteiger partial charge in [-0.25, -0.2) is 9.37 Å². The molecule has 0 spiro atoms. The predicted molar refractivity (Wildman–Crippen MR) is 43.9 cm³/mol. The summed E-state index contributed by atoms with van der Waals surface area (Å²) in [6.07, 6.45) is 4.86. The molecule has 3 heteroatoms. The lowest BCUT2D eigenvalue weighted by Crippen LogP contribution is -1.85. The molecule has 1 aromatic rings. The van der Waals surface area contributed by atoms with Crippen molar-refractivity contribution in [2.24, 2.45) is 0 Å². The van der Waals surface area contributed by atoms with Crippen molar-refractivity contribution in [1.82, 2.24) is 4.98 Å². The van der Waals surface area contributed by atoms with Crippen molar-refractivity contribution in [2.75, 3.05) is 0 Å². The first-order valence-corrected chi connectivity index (χ1v) is 3.56. The van der Waals surface area contributed by atoms with Gasteiger partial charge in [-0.15, -0.1) is 0 Å². The maximum atomic E-state index is 12.9. The van der Waals surface area contributed by atoms with Crippen LogP contribution in [0.3, 0.4) is 0 Å². The summed E-state index contributed by atoms with van der Waals surface area (Å²) in [6, 6.07) is 1.57. The number of halogens is 2. The van der Waals surface area contributed by atoms with Crippen molar-refractivity contribution in [3.8, 4) is 0 Å². The zero-order chi connectivity index (χ0) is 8.27. The molecule has 0 radical (unpaired) electrons. The van der Waals surface area contributed by atoms with Gasteiger partial charge in [0, 0.05) is 11.8 Å². The van der Waals surface area contributed by atoms with Gasteiger partial charge in [0.2, 0.25) is 0 Å². The molecule has 1 nitrogen and oxygen atoms in total. The van der Waals surface area contributed by atoms with Crippen LogP contribution in [0.15, 0.2) is 18.3 Å². The highest BCUT2D eigenvalue weighted by molar-refractivity contribution is 6.29. The third kappa shape index (κ3) is 1.77. The zero-order valence-electron chi connectivity index (χ0n) is 6.01. The number of aromatic nitrogens is 1. The van der Waals surface area contributed by atoms with E-state index in [2.05, 4.69) is 4.98 Å². The third-order valence-corrected chi connectivity index (χ3v) is 1.49.